The van der Waals surface area contributed by atoms with E-state index in [0.29, 0.717) is 6.61 Å². The van der Waals surface area contributed by atoms with Crippen LogP contribution in [-0.2, 0) is 0 Å². The Hall–Kier alpha value is -2.41. The molecular weight excluding hydrogens is 541 g/mol. The molecule has 0 spiro atoms. The zero-order chi connectivity index (χ0) is 30.0. The standard InChI is InChI=1S/C40H56NOP/c1-41(2)31-32-42-37-29-27-36(28-30-37)40(35-22-14-10-15-23-35)39(34-20-12-9-13-21-34)26-18-7-5-3-4-6-8-19-33-43-38-24-16-11-17-25-38/h9-10,12-15,20-23,27-30,38,43H,3-8,11,16-19,24-26,31-33H2,1-2H3/p+1/b40-39-. The monoisotopic (exact) mass is 598 g/mol. The van der Waals surface area contributed by atoms with Crippen LogP contribution in [0.1, 0.15) is 107 Å². The van der Waals surface area contributed by atoms with Gasteiger partial charge >= 0.3 is 0 Å². The highest BCUT2D eigenvalue weighted by molar-refractivity contribution is 7.38. The topological polar surface area (TPSA) is 12.5 Å². The minimum Gasteiger partial charge on any atom is -0.492 e. The molecule has 232 valence electrons. The van der Waals surface area contributed by atoms with E-state index in [4.69, 9.17) is 4.74 Å². The zero-order valence-electron chi connectivity index (χ0n) is 27.1. The van der Waals surface area contributed by atoms with Gasteiger partial charge in [0.1, 0.15) is 12.4 Å². The Morgan fingerprint density at radius 2 is 1.21 bits per heavy atom. The van der Waals surface area contributed by atoms with Gasteiger partial charge < -0.3 is 9.64 Å². The molecule has 1 aliphatic rings. The van der Waals surface area contributed by atoms with Gasteiger partial charge in [-0.3, -0.25) is 0 Å². The Labute approximate surface area is 265 Å². The van der Waals surface area contributed by atoms with Gasteiger partial charge in [0.05, 0.1) is 11.8 Å². The fourth-order valence-corrected chi connectivity index (χ4v) is 8.41. The quantitative estimate of drug-likeness (QED) is 0.0773. The molecule has 3 aromatic rings. The van der Waals surface area contributed by atoms with E-state index in [1.165, 1.54) is 98.5 Å². The lowest BCUT2D eigenvalue weighted by atomic mass is 9.86. The molecule has 1 fully saturated rings. The van der Waals surface area contributed by atoms with E-state index < -0.39 is 0 Å². The number of hydrogen-bond donors (Lipinski definition) is 0. The smallest absolute Gasteiger partial charge is 0.119 e. The number of unbranched alkanes of at least 4 members (excludes halogenated alkanes) is 7. The summed E-state index contributed by atoms with van der Waals surface area (Å²) in [6.45, 7) is 1.61. The van der Waals surface area contributed by atoms with Crippen LogP contribution in [0.15, 0.2) is 84.9 Å². The van der Waals surface area contributed by atoms with E-state index in [-0.39, 0.29) is 0 Å². The number of allylic oxidation sites excluding steroid dienone is 1. The summed E-state index contributed by atoms with van der Waals surface area (Å²) in [5.41, 5.74) is 7.82. The van der Waals surface area contributed by atoms with E-state index in [0.717, 1.165) is 33.0 Å². The summed E-state index contributed by atoms with van der Waals surface area (Å²) in [6.07, 6.45) is 21.3. The van der Waals surface area contributed by atoms with Gasteiger partial charge in [-0.15, -0.1) is 0 Å². The van der Waals surface area contributed by atoms with Crippen molar-refractivity contribution < 1.29 is 4.74 Å². The van der Waals surface area contributed by atoms with Crippen LogP contribution in [0, 0.1) is 0 Å². The first kappa shape index (κ1) is 33.5. The summed E-state index contributed by atoms with van der Waals surface area (Å²) in [5.74, 6) is 0.935. The molecule has 3 heteroatoms. The van der Waals surface area contributed by atoms with Crippen LogP contribution in [0.2, 0.25) is 0 Å². The van der Waals surface area contributed by atoms with Crippen molar-refractivity contribution in [3.8, 4) is 5.75 Å². The molecule has 0 aliphatic heterocycles. The summed E-state index contributed by atoms with van der Waals surface area (Å²) in [4.78, 5) is 2.15. The Morgan fingerprint density at radius 3 is 1.84 bits per heavy atom. The molecule has 1 saturated carbocycles. The van der Waals surface area contributed by atoms with E-state index in [1.54, 1.807) is 19.0 Å². The predicted octanol–water partition coefficient (Wildman–Crippen LogP) is 10.8. The first-order valence-corrected chi connectivity index (χ1v) is 18.7. The summed E-state index contributed by atoms with van der Waals surface area (Å²) >= 11 is 0. The van der Waals surface area contributed by atoms with Crippen LogP contribution in [0.25, 0.3) is 11.1 Å². The Kier molecular flexibility index (Phi) is 15.4. The molecule has 0 N–H and O–H groups in total. The molecule has 0 radical (unpaired) electrons. The second-order valence-electron chi connectivity index (χ2n) is 12.8. The van der Waals surface area contributed by atoms with E-state index in [2.05, 4.69) is 104 Å². The van der Waals surface area contributed by atoms with E-state index in [1.807, 2.05) is 0 Å². The van der Waals surface area contributed by atoms with Crippen molar-refractivity contribution in [2.75, 3.05) is 33.4 Å². The summed E-state index contributed by atoms with van der Waals surface area (Å²) < 4.78 is 6.01. The van der Waals surface area contributed by atoms with Gasteiger partial charge in [0.2, 0.25) is 0 Å². The van der Waals surface area contributed by atoms with Crippen LogP contribution >= 0.6 is 8.58 Å². The van der Waals surface area contributed by atoms with E-state index in [9.17, 15) is 0 Å². The SMILES string of the molecule is CN(C)CCOc1ccc(/C(=C(/CCCCCCCCCC[PH2+]C2CCCCC2)c2ccccc2)c2ccccc2)cc1. The van der Waals surface area contributed by atoms with Gasteiger partial charge in [-0.05, 0) is 114 Å². The number of likely N-dealkylation sites (N-methyl/N-ethyl adjacent to an activating group) is 1. The van der Waals surface area contributed by atoms with Crippen LogP contribution in [0.4, 0.5) is 0 Å². The van der Waals surface area contributed by atoms with Crippen LogP contribution in [0.3, 0.4) is 0 Å². The molecule has 0 saturated heterocycles. The third-order valence-corrected chi connectivity index (χ3v) is 11.0. The van der Waals surface area contributed by atoms with Crippen molar-refractivity contribution >= 4 is 19.7 Å². The molecule has 1 atom stereocenters. The maximum absolute atomic E-state index is 6.01. The number of hydrogen-bond acceptors (Lipinski definition) is 2. The fourth-order valence-electron chi connectivity index (χ4n) is 6.47. The molecule has 0 bridgehead atoms. The van der Waals surface area contributed by atoms with Crippen LogP contribution in [-0.4, -0.2) is 44.0 Å². The van der Waals surface area contributed by atoms with Gasteiger partial charge in [-0.25, -0.2) is 0 Å². The number of rotatable bonds is 19. The normalized spacial score (nSPS) is 14.9. The average molecular weight is 599 g/mol. The van der Waals surface area contributed by atoms with Crippen molar-refractivity contribution in [3.05, 3.63) is 102 Å². The summed E-state index contributed by atoms with van der Waals surface area (Å²) in [5, 5.41) is 0. The minimum atomic E-state index is 0.699. The highest BCUT2D eigenvalue weighted by Crippen LogP contribution is 2.36. The second-order valence-corrected chi connectivity index (χ2v) is 14.8. The number of ether oxygens (including phenoxy) is 1. The summed E-state index contributed by atoms with van der Waals surface area (Å²) in [7, 11) is 4.89. The molecule has 0 heterocycles. The Bertz CT molecular complexity index is 1170. The first-order valence-electron chi connectivity index (χ1n) is 17.3. The molecule has 1 aliphatic carbocycles. The molecule has 1 unspecified atom stereocenters. The fraction of sp³-hybridized carbons (Fsp3) is 0.500. The van der Waals surface area contributed by atoms with Crippen molar-refractivity contribution in [1.82, 2.24) is 4.90 Å². The molecule has 3 aromatic carbocycles. The lowest BCUT2D eigenvalue weighted by Gasteiger charge is -2.18. The van der Waals surface area contributed by atoms with Crippen molar-refractivity contribution in [1.29, 1.82) is 0 Å². The van der Waals surface area contributed by atoms with Crippen molar-refractivity contribution in [2.45, 2.75) is 95.6 Å². The average Bonchev–Trinajstić information content (AvgIpc) is 3.05. The summed E-state index contributed by atoms with van der Waals surface area (Å²) in [6, 6.07) is 30.8. The molecule has 2 nitrogen and oxygen atoms in total. The van der Waals surface area contributed by atoms with Crippen LogP contribution in [0.5, 0.6) is 5.75 Å². The molecule has 0 aromatic heterocycles. The lowest BCUT2D eigenvalue weighted by molar-refractivity contribution is 0.261. The maximum Gasteiger partial charge on any atom is 0.119 e. The lowest BCUT2D eigenvalue weighted by Crippen LogP contribution is -2.19. The van der Waals surface area contributed by atoms with E-state index >= 15 is 0 Å². The minimum absolute atomic E-state index is 0.699. The van der Waals surface area contributed by atoms with Gasteiger partial charge in [0.15, 0.2) is 0 Å². The third-order valence-electron chi connectivity index (χ3n) is 8.97. The number of nitrogens with zero attached hydrogens (tertiary/aromatic N) is 1. The van der Waals surface area contributed by atoms with Gasteiger partial charge in [0, 0.05) is 6.54 Å². The largest absolute Gasteiger partial charge is 0.492 e. The molecular formula is C40H57NOP+. The maximum atomic E-state index is 6.01. The van der Waals surface area contributed by atoms with Gasteiger partial charge in [-0.1, -0.05) is 111 Å². The second kappa shape index (κ2) is 19.8. The third kappa shape index (κ3) is 12.2. The van der Waals surface area contributed by atoms with Gasteiger partial charge in [0.25, 0.3) is 0 Å². The zero-order valence-corrected chi connectivity index (χ0v) is 28.3. The Balaban J connectivity index is 1.32. The van der Waals surface area contributed by atoms with Gasteiger partial charge in [-0.2, -0.15) is 0 Å². The van der Waals surface area contributed by atoms with Crippen molar-refractivity contribution in [2.24, 2.45) is 0 Å². The Morgan fingerprint density at radius 1 is 0.651 bits per heavy atom. The highest BCUT2D eigenvalue weighted by atomic mass is 31.1. The molecule has 4 rings (SSSR count). The molecule has 0 amide bonds. The van der Waals surface area contributed by atoms with Crippen molar-refractivity contribution in [3.63, 3.8) is 0 Å². The first-order chi connectivity index (χ1) is 21.2. The highest BCUT2D eigenvalue weighted by Gasteiger charge is 2.17. The molecule has 43 heavy (non-hydrogen) atoms. The predicted molar refractivity (Wildman–Crippen MR) is 192 cm³/mol. The van der Waals surface area contributed by atoms with Crippen LogP contribution < -0.4 is 4.74 Å². The number of benzene rings is 3.